The van der Waals surface area contributed by atoms with Crippen LogP contribution in [-0.4, -0.2) is 0 Å². The van der Waals surface area contributed by atoms with Crippen LogP contribution in [0.25, 0.3) is 51.1 Å². The van der Waals surface area contributed by atoms with Gasteiger partial charge in [0.1, 0.15) is 0 Å². The van der Waals surface area contributed by atoms with Crippen molar-refractivity contribution < 1.29 is 0 Å². The SMILES string of the molecule is CCCCCc1cc2sc3c(ccc4c3ccc3c5cc(CCCCC)c(CCCCC)cc5sc34)c2cc1CCCCC. The van der Waals surface area contributed by atoms with Crippen LogP contribution in [0.3, 0.4) is 0 Å². The van der Waals surface area contributed by atoms with Gasteiger partial charge in [-0.2, -0.15) is 0 Å². The smallest absolute Gasteiger partial charge is 0.0434 e. The third-order valence-electron chi connectivity index (χ3n) is 9.91. The van der Waals surface area contributed by atoms with Gasteiger partial charge in [0.2, 0.25) is 0 Å². The second-order valence-electron chi connectivity index (χ2n) is 13.2. The van der Waals surface area contributed by atoms with Crippen LogP contribution in [0.2, 0.25) is 0 Å². The van der Waals surface area contributed by atoms with E-state index in [1.807, 2.05) is 22.7 Å². The summed E-state index contributed by atoms with van der Waals surface area (Å²) < 4.78 is 5.90. The number of fused-ring (bicyclic) bond motifs is 9. The van der Waals surface area contributed by atoms with Crippen molar-refractivity contribution in [3.8, 4) is 0 Å². The minimum absolute atomic E-state index is 1.22. The van der Waals surface area contributed by atoms with Gasteiger partial charge >= 0.3 is 0 Å². The molecule has 0 amide bonds. The van der Waals surface area contributed by atoms with E-state index < -0.39 is 0 Å². The van der Waals surface area contributed by atoms with Crippen LogP contribution in [0.5, 0.6) is 0 Å². The molecule has 0 radical (unpaired) electrons. The predicted molar refractivity (Wildman–Crippen MR) is 203 cm³/mol. The molecule has 4 aromatic carbocycles. The first kappa shape index (κ1) is 31.6. The van der Waals surface area contributed by atoms with E-state index in [1.54, 1.807) is 22.3 Å². The third kappa shape index (κ3) is 6.45. The quantitative estimate of drug-likeness (QED) is 0.0944. The van der Waals surface area contributed by atoms with Crippen molar-refractivity contribution >= 4 is 73.8 Å². The van der Waals surface area contributed by atoms with Crippen molar-refractivity contribution in [2.75, 3.05) is 0 Å². The largest absolute Gasteiger partial charge is 0.135 e. The van der Waals surface area contributed by atoms with Crippen molar-refractivity contribution in [3.63, 3.8) is 0 Å². The lowest BCUT2D eigenvalue weighted by molar-refractivity contribution is 0.694. The Balaban J connectivity index is 1.46. The van der Waals surface area contributed by atoms with Crippen LogP contribution in [0.1, 0.15) is 127 Å². The Labute approximate surface area is 273 Å². The fraction of sp³-hybridized carbons (Fsp3) is 0.476. The van der Waals surface area contributed by atoms with Gasteiger partial charge in [-0.3, -0.25) is 0 Å². The molecule has 0 saturated heterocycles. The number of thiophene rings is 2. The van der Waals surface area contributed by atoms with Gasteiger partial charge in [0.15, 0.2) is 0 Å². The van der Waals surface area contributed by atoms with E-state index in [4.69, 9.17) is 0 Å². The lowest BCUT2D eigenvalue weighted by Gasteiger charge is -2.11. The second kappa shape index (κ2) is 14.8. The molecule has 0 bridgehead atoms. The maximum Gasteiger partial charge on any atom is 0.0434 e. The van der Waals surface area contributed by atoms with Gasteiger partial charge in [-0.1, -0.05) is 103 Å². The highest BCUT2D eigenvalue weighted by Gasteiger charge is 2.17. The van der Waals surface area contributed by atoms with E-state index in [9.17, 15) is 0 Å². The average Bonchev–Trinajstić information content (AvgIpc) is 3.59. The molecule has 0 saturated carbocycles. The molecule has 0 atom stereocenters. The maximum absolute atomic E-state index is 2.58. The molecule has 0 nitrogen and oxygen atoms in total. The Bertz CT molecular complexity index is 1730. The average molecular weight is 621 g/mol. The van der Waals surface area contributed by atoms with Crippen LogP contribution < -0.4 is 0 Å². The van der Waals surface area contributed by atoms with Crippen LogP contribution in [0.4, 0.5) is 0 Å². The Morgan fingerprint density at radius 1 is 0.364 bits per heavy atom. The molecule has 0 unspecified atom stereocenters. The second-order valence-corrected chi connectivity index (χ2v) is 15.4. The minimum atomic E-state index is 1.22. The summed E-state index contributed by atoms with van der Waals surface area (Å²) in [5, 5.41) is 8.73. The molecule has 2 heterocycles. The summed E-state index contributed by atoms with van der Waals surface area (Å²) >= 11 is 4.06. The zero-order valence-corrected chi connectivity index (χ0v) is 29.4. The molecular formula is C42H52S2. The fourth-order valence-corrected chi connectivity index (χ4v) is 9.88. The van der Waals surface area contributed by atoms with E-state index in [0.29, 0.717) is 0 Å². The number of hydrogen-bond acceptors (Lipinski definition) is 2. The lowest BCUT2D eigenvalue weighted by Crippen LogP contribution is -1.95. The standard InChI is InChI=1S/C42H52S2/c1-5-9-13-17-29-25-37-35-23-21-34-33(41(35)43-39(37)27-31(29)19-15-11-7-3)22-24-36-38-26-30(18-14-10-6-2)32(20-16-12-8-4)28-40(38)44-42(34)36/h21-28H,5-20H2,1-4H3. The van der Waals surface area contributed by atoms with E-state index in [0.717, 1.165) is 0 Å². The van der Waals surface area contributed by atoms with E-state index in [-0.39, 0.29) is 0 Å². The first-order valence-corrected chi connectivity index (χ1v) is 19.6. The van der Waals surface area contributed by atoms with E-state index >= 15 is 0 Å². The minimum Gasteiger partial charge on any atom is -0.135 e. The summed E-state index contributed by atoms with van der Waals surface area (Å²) in [5.41, 5.74) is 6.42. The van der Waals surface area contributed by atoms with Crippen molar-refractivity contribution in [1.82, 2.24) is 0 Å². The summed E-state index contributed by atoms with van der Waals surface area (Å²) in [6, 6.07) is 20.1. The number of hydrogen-bond donors (Lipinski definition) is 0. The van der Waals surface area contributed by atoms with Crippen LogP contribution in [0.15, 0.2) is 48.5 Å². The number of aryl methyl sites for hydroxylation is 4. The van der Waals surface area contributed by atoms with Gasteiger partial charge in [0.05, 0.1) is 0 Å². The first-order chi connectivity index (χ1) is 21.7. The Morgan fingerprint density at radius 3 is 0.977 bits per heavy atom. The highest BCUT2D eigenvalue weighted by atomic mass is 32.1. The van der Waals surface area contributed by atoms with Crippen LogP contribution in [-0.2, 0) is 25.7 Å². The van der Waals surface area contributed by atoms with Crippen molar-refractivity contribution in [1.29, 1.82) is 0 Å². The Hall–Kier alpha value is -2.42. The lowest BCUT2D eigenvalue weighted by atomic mass is 9.94. The monoisotopic (exact) mass is 620 g/mol. The molecule has 0 N–H and O–H groups in total. The number of unbranched alkanes of at least 4 members (excludes halogenated alkanes) is 8. The summed E-state index contributed by atoms with van der Waals surface area (Å²) in [7, 11) is 0. The summed E-state index contributed by atoms with van der Waals surface area (Å²) in [5.74, 6) is 0. The van der Waals surface area contributed by atoms with E-state index in [1.165, 1.54) is 154 Å². The third-order valence-corrected chi connectivity index (χ3v) is 12.3. The molecule has 0 spiro atoms. The molecule has 0 fully saturated rings. The van der Waals surface area contributed by atoms with Gasteiger partial charge in [0, 0.05) is 51.1 Å². The Morgan fingerprint density at radius 2 is 0.659 bits per heavy atom. The molecular weight excluding hydrogens is 569 g/mol. The fourth-order valence-electron chi connectivity index (χ4n) is 7.33. The summed E-state index contributed by atoms with van der Waals surface area (Å²) in [6.45, 7) is 9.26. The normalized spacial score (nSPS) is 12.2. The zero-order valence-electron chi connectivity index (χ0n) is 27.7. The van der Waals surface area contributed by atoms with E-state index in [2.05, 4.69) is 76.2 Å². The van der Waals surface area contributed by atoms with Crippen molar-refractivity contribution in [2.45, 2.75) is 130 Å². The highest BCUT2D eigenvalue weighted by Crippen LogP contribution is 2.45. The predicted octanol–water partition coefficient (Wildman–Crippen LogP) is 14.5. The summed E-state index contributed by atoms with van der Waals surface area (Å²) in [6.07, 6.45) is 20.6. The maximum atomic E-state index is 2.58. The highest BCUT2D eigenvalue weighted by molar-refractivity contribution is 7.28. The molecule has 232 valence electrons. The summed E-state index contributed by atoms with van der Waals surface area (Å²) in [4.78, 5) is 0. The molecule has 6 aromatic rings. The first-order valence-electron chi connectivity index (χ1n) is 17.9. The zero-order chi connectivity index (χ0) is 30.5. The molecule has 2 aromatic heterocycles. The van der Waals surface area contributed by atoms with Gasteiger partial charge in [-0.15, -0.1) is 22.7 Å². The molecule has 2 heteroatoms. The molecule has 6 rings (SSSR count). The molecule has 0 aliphatic heterocycles. The number of rotatable bonds is 16. The molecule has 0 aliphatic carbocycles. The van der Waals surface area contributed by atoms with Gasteiger partial charge in [0.25, 0.3) is 0 Å². The van der Waals surface area contributed by atoms with Gasteiger partial charge in [-0.05, 0) is 97.9 Å². The van der Waals surface area contributed by atoms with Gasteiger partial charge in [-0.25, -0.2) is 0 Å². The van der Waals surface area contributed by atoms with Gasteiger partial charge < -0.3 is 0 Å². The topological polar surface area (TPSA) is 0 Å². The number of benzene rings is 4. The molecule has 0 aliphatic rings. The van der Waals surface area contributed by atoms with Crippen molar-refractivity contribution in [3.05, 3.63) is 70.8 Å². The van der Waals surface area contributed by atoms with Crippen LogP contribution in [0, 0.1) is 0 Å². The molecule has 44 heavy (non-hydrogen) atoms. The van der Waals surface area contributed by atoms with Crippen LogP contribution >= 0.6 is 22.7 Å². The Kier molecular flexibility index (Phi) is 10.6. The van der Waals surface area contributed by atoms with Crippen molar-refractivity contribution in [2.24, 2.45) is 0 Å².